The Morgan fingerprint density at radius 1 is 1.16 bits per heavy atom. The van der Waals surface area contributed by atoms with E-state index in [9.17, 15) is 8.42 Å². The lowest BCUT2D eigenvalue weighted by Crippen LogP contribution is -2.49. The summed E-state index contributed by atoms with van der Waals surface area (Å²) in [4.78, 5) is 6.48. The van der Waals surface area contributed by atoms with Gasteiger partial charge in [0, 0.05) is 36.8 Å². The summed E-state index contributed by atoms with van der Waals surface area (Å²) >= 11 is 3.36. The molecule has 5 nitrogen and oxygen atoms in total. The maximum absolute atomic E-state index is 12.1. The van der Waals surface area contributed by atoms with Gasteiger partial charge in [0.1, 0.15) is 5.82 Å². The van der Waals surface area contributed by atoms with Gasteiger partial charge in [-0.05, 0) is 40.9 Å². The molecule has 1 saturated heterocycles. The Morgan fingerprint density at radius 3 is 2.37 bits per heavy atom. The van der Waals surface area contributed by atoms with Crippen LogP contribution in [-0.2, 0) is 10.0 Å². The zero-order valence-electron chi connectivity index (χ0n) is 10.5. The van der Waals surface area contributed by atoms with Crippen molar-refractivity contribution in [2.75, 3.05) is 31.1 Å². The summed E-state index contributed by atoms with van der Waals surface area (Å²) in [5.41, 5.74) is 0. The Labute approximate surface area is 121 Å². The summed E-state index contributed by atoms with van der Waals surface area (Å²) in [7, 11) is -3.02. The van der Waals surface area contributed by atoms with E-state index < -0.39 is 10.0 Å². The van der Waals surface area contributed by atoms with E-state index in [1.165, 1.54) is 0 Å². The van der Waals surface area contributed by atoms with Gasteiger partial charge in [-0.3, -0.25) is 0 Å². The Hall–Kier alpha value is -0.660. The second-order valence-corrected chi connectivity index (χ2v) is 8.09. The van der Waals surface area contributed by atoms with E-state index >= 15 is 0 Å². The molecule has 2 aliphatic rings. The van der Waals surface area contributed by atoms with E-state index in [1.807, 2.05) is 12.1 Å². The predicted octanol–water partition coefficient (Wildman–Crippen LogP) is 1.46. The van der Waals surface area contributed by atoms with Gasteiger partial charge >= 0.3 is 0 Å². The smallest absolute Gasteiger partial charge is 0.217 e. The molecular formula is C12H16BrN3O2S. The van der Waals surface area contributed by atoms with Gasteiger partial charge in [-0.1, -0.05) is 0 Å². The number of sulfonamides is 1. The molecule has 0 bridgehead atoms. The van der Waals surface area contributed by atoms with Crippen molar-refractivity contribution in [3.63, 3.8) is 0 Å². The van der Waals surface area contributed by atoms with Crippen molar-refractivity contribution in [1.82, 2.24) is 9.29 Å². The van der Waals surface area contributed by atoms with Crippen LogP contribution in [0.5, 0.6) is 0 Å². The Bertz CT molecular complexity index is 549. The molecule has 1 aliphatic heterocycles. The fourth-order valence-corrected chi connectivity index (χ4v) is 4.36. The molecule has 2 heterocycles. The van der Waals surface area contributed by atoms with Crippen LogP contribution < -0.4 is 4.90 Å². The van der Waals surface area contributed by atoms with Gasteiger partial charge in [-0.2, -0.15) is 4.31 Å². The monoisotopic (exact) mass is 345 g/mol. The number of pyridine rings is 1. The molecule has 0 radical (unpaired) electrons. The molecule has 1 aromatic heterocycles. The van der Waals surface area contributed by atoms with E-state index in [1.54, 1.807) is 10.5 Å². The van der Waals surface area contributed by atoms with Gasteiger partial charge < -0.3 is 4.90 Å². The summed E-state index contributed by atoms with van der Waals surface area (Å²) < 4.78 is 26.8. The average molecular weight is 346 g/mol. The van der Waals surface area contributed by atoms with Gasteiger partial charge in [0.2, 0.25) is 10.0 Å². The first kappa shape index (κ1) is 13.3. The Kier molecular flexibility index (Phi) is 3.53. The maximum Gasteiger partial charge on any atom is 0.217 e. The molecule has 0 spiro atoms. The zero-order valence-corrected chi connectivity index (χ0v) is 12.9. The number of halogens is 1. The van der Waals surface area contributed by atoms with Crippen molar-refractivity contribution < 1.29 is 8.42 Å². The Morgan fingerprint density at radius 2 is 1.84 bits per heavy atom. The lowest BCUT2D eigenvalue weighted by atomic mass is 10.3. The van der Waals surface area contributed by atoms with Crippen molar-refractivity contribution in [2.45, 2.75) is 18.1 Å². The van der Waals surface area contributed by atoms with Gasteiger partial charge in [0.05, 0.1) is 5.25 Å². The lowest BCUT2D eigenvalue weighted by molar-refractivity contribution is 0.383. The summed E-state index contributed by atoms with van der Waals surface area (Å²) in [6.07, 6.45) is 3.43. The fourth-order valence-electron chi connectivity index (χ4n) is 2.30. The minimum absolute atomic E-state index is 0.107. The first-order valence-corrected chi connectivity index (χ1v) is 8.72. The molecule has 0 atom stereocenters. The molecular weight excluding hydrogens is 330 g/mol. The third-order valence-electron chi connectivity index (χ3n) is 3.58. The standard InChI is InChI=1S/C12H16BrN3O2S/c13-10-1-4-12(14-9-10)15-5-7-16(8-6-15)19(17,18)11-2-3-11/h1,4,9,11H,2-3,5-8H2. The van der Waals surface area contributed by atoms with E-state index in [0.717, 1.165) is 23.1 Å². The van der Waals surface area contributed by atoms with Crippen LogP contribution in [0.15, 0.2) is 22.8 Å². The third-order valence-corrected chi connectivity index (χ3v) is 6.45. The molecule has 19 heavy (non-hydrogen) atoms. The van der Waals surface area contributed by atoms with Crippen molar-refractivity contribution >= 4 is 31.8 Å². The van der Waals surface area contributed by atoms with E-state index in [-0.39, 0.29) is 5.25 Å². The summed E-state index contributed by atoms with van der Waals surface area (Å²) in [6, 6.07) is 3.91. The molecule has 1 aliphatic carbocycles. The second-order valence-electron chi connectivity index (χ2n) is 4.97. The quantitative estimate of drug-likeness (QED) is 0.832. The average Bonchev–Trinajstić information content (AvgIpc) is 3.24. The minimum Gasteiger partial charge on any atom is -0.354 e. The van der Waals surface area contributed by atoms with E-state index in [2.05, 4.69) is 25.8 Å². The molecule has 0 N–H and O–H groups in total. The van der Waals surface area contributed by atoms with Gasteiger partial charge in [-0.15, -0.1) is 0 Å². The van der Waals surface area contributed by atoms with Crippen molar-refractivity contribution in [1.29, 1.82) is 0 Å². The highest BCUT2D eigenvalue weighted by atomic mass is 79.9. The number of piperazine rings is 1. The lowest BCUT2D eigenvalue weighted by Gasteiger charge is -2.34. The maximum atomic E-state index is 12.1. The number of hydrogen-bond acceptors (Lipinski definition) is 4. The largest absolute Gasteiger partial charge is 0.354 e. The second kappa shape index (κ2) is 5.03. The van der Waals surface area contributed by atoms with Crippen LogP contribution in [0.1, 0.15) is 12.8 Å². The van der Waals surface area contributed by atoms with Crippen molar-refractivity contribution in [2.24, 2.45) is 0 Å². The minimum atomic E-state index is -3.02. The van der Waals surface area contributed by atoms with Gasteiger partial charge in [0.15, 0.2) is 0 Å². The number of hydrogen-bond donors (Lipinski definition) is 0. The first-order chi connectivity index (χ1) is 9.07. The molecule has 1 saturated carbocycles. The van der Waals surface area contributed by atoms with Crippen molar-refractivity contribution in [3.05, 3.63) is 22.8 Å². The molecule has 7 heteroatoms. The van der Waals surface area contributed by atoms with Crippen LogP contribution in [0.4, 0.5) is 5.82 Å². The highest BCUT2D eigenvalue weighted by molar-refractivity contribution is 9.10. The zero-order chi connectivity index (χ0) is 13.5. The van der Waals surface area contributed by atoms with Crippen LogP contribution in [0.2, 0.25) is 0 Å². The summed E-state index contributed by atoms with van der Waals surface area (Å²) in [5, 5.41) is -0.107. The summed E-state index contributed by atoms with van der Waals surface area (Å²) in [5.74, 6) is 0.909. The van der Waals surface area contributed by atoms with Crippen LogP contribution in [0, 0.1) is 0 Å². The number of aromatic nitrogens is 1. The molecule has 0 amide bonds. The molecule has 3 rings (SSSR count). The Balaban J connectivity index is 1.64. The highest BCUT2D eigenvalue weighted by Crippen LogP contribution is 2.31. The van der Waals surface area contributed by atoms with Gasteiger partial charge in [0.25, 0.3) is 0 Å². The first-order valence-electron chi connectivity index (χ1n) is 6.43. The van der Waals surface area contributed by atoms with Crippen LogP contribution in [0.25, 0.3) is 0 Å². The molecule has 0 aromatic carbocycles. The van der Waals surface area contributed by atoms with Crippen LogP contribution in [-0.4, -0.2) is 49.1 Å². The SMILES string of the molecule is O=S(=O)(C1CC1)N1CCN(c2ccc(Br)cn2)CC1. The van der Waals surface area contributed by atoms with Gasteiger partial charge in [-0.25, -0.2) is 13.4 Å². The normalized spacial score (nSPS) is 21.6. The predicted molar refractivity (Wildman–Crippen MR) is 77.7 cm³/mol. The van der Waals surface area contributed by atoms with E-state index in [0.29, 0.717) is 26.2 Å². The van der Waals surface area contributed by atoms with E-state index in [4.69, 9.17) is 0 Å². The molecule has 0 unspecified atom stereocenters. The molecule has 1 aromatic rings. The molecule has 2 fully saturated rings. The highest BCUT2D eigenvalue weighted by Gasteiger charge is 2.40. The van der Waals surface area contributed by atoms with Crippen LogP contribution in [0.3, 0.4) is 0 Å². The molecule has 104 valence electrons. The third kappa shape index (κ3) is 2.78. The number of nitrogens with zero attached hydrogens (tertiary/aromatic N) is 3. The van der Waals surface area contributed by atoms with Crippen molar-refractivity contribution in [3.8, 4) is 0 Å². The number of anilines is 1. The van der Waals surface area contributed by atoms with Crippen LogP contribution >= 0.6 is 15.9 Å². The number of rotatable bonds is 3. The fraction of sp³-hybridized carbons (Fsp3) is 0.583. The summed E-state index contributed by atoms with van der Waals surface area (Å²) in [6.45, 7) is 2.55. The topological polar surface area (TPSA) is 53.5 Å².